The minimum atomic E-state index is -0.718. The number of nitrogen functional groups attached to an aromatic ring is 1. The predicted octanol–water partition coefficient (Wildman–Crippen LogP) is 2.26. The van der Waals surface area contributed by atoms with Crippen LogP contribution < -0.4 is 21.9 Å². The number of anilines is 2. The van der Waals surface area contributed by atoms with Crippen LogP contribution in [0.3, 0.4) is 0 Å². The summed E-state index contributed by atoms with van der Waals surface area (Å²) in [5.74, 6) is 0.315. The third-order valence-corrected chi connectivity index (χ3v) is 7.02. The number of amides is 1. The van der Waals surface area contributed by atoms with Crippen molar-refractivity contribution in [2.24, 2.45) is 0 Å². The summed E-state index contributed by atoms with van der Waals surface area (Å²) in [6.45, 7) is 2.79. The van der Waals surface area contributed by atoms with Crippen LogP contribution in [0.5, 0.6) is 0 Å². The van der Waals surface area contributed by atoms with Crippen LogP contribution in [0.1, 0.15) is 12.5 Å². The Labute approximate surface area is 203 Å². The molecule has 10 nitrogen and oxygen atoms in total. The van der Waals surface area contributed by atoms with E-state index < -0.39 is 11.2 Å². The molecule has 3 heterocycles. The fourth-order valence-corrected chi connectivity index (χ4v) is 5.07. The molecule has 12 heteroatoms. The van der Waals surface area contributed by atoms with Gasteiger partial charge < -0.3 is 15.2 Å². The molecule has 0 fully saturated rings. The van der Waals surface area contributed by atoms with Crippen LogP contribution in [-0.2, 0) is 17.9 Å². The highest BCUT2D eigenvalue weighted by atomic mass is 32.2. The average Bonchev–Trinajstić information content (AvgIpc) is 3.50. The van der Waals surface area contributed by atoms with Crippen molar-refractivity contribution >= 4 is 40.5 Å². The second kappa shape index (κ2) is 10.1. The van der Waals surface area contributed by atoms with E-state index in [9.17, 15) is 14.4 Å². The van der Waals surface area contributed by atoms with E-state index in [1.807, 2.05) is 59.3 Å². The standard InChI is InChI=1S/C22H23N7O3S2/c1-3-28-19(15-10-7-11-33-15)25-26-22(28)34-13-16(30)27(2)17-18(23)29(21(32)24-20(17)31)12-14-8-5-4-6-9-14/h4-11H,3,12-13,23H2,1-2H3,(H,24,31,32). The number of hydrogen-bond donors (Lipinski definition) is 2. The molecule has 34 heavy (non-hydrogen) atoms. The molecule has 0 unspecified atom stereocenters. The summed E-state index contributed by atoms with van der Waals surface area (Å²) in [4.78, 5) is 42.3. The van der Waals surface area contributed by atoms with Gasteiger partial charge in [-0.25, -0.2) is 4.79 Å². The summed E-state index contributed by atoms with van der Waals surface area (Å²) in [5.41, 5.74) is 5.60. The summed E-state index contributed by atoms with van der Waals surface area (Å²) in [5, 5.41) is 11.1. The van der Waals surface area contributed by atoms with Crippen LogP contribution in [0.2, 0.25) is 0 Å². The summed E-state index contributed by atoms with van der Waals surface area (Å²) in [6, 6.07) is 13.1. The lowest BCUT2D eigenvalue weighted by Crippen LogP contribution is -2.40. The number of carbonyl (C=O) groups excluding carboxylic acids is 1. The summed E-state index contributed by atoms with van der Waals surface area (Å²) >= 11 is 2.79. The smallest absolute Gasteiger partial charge is 0.330 e. The molecule has 0 saturated carbocycles. The molecule has 3 aromatic heterocycles. The number of nitrogens with one attached hydrogen (secondary N) is 1. The lowest BCUT2D eigenvalue weighted by molar-refractivity contribution is -0.115. The van der Waals surface area contributed by atoms with Gasteiger partial charge >= 0.3 is 5.69 Å². The van der Waals surface area contributed by atoms with E-state index in [1.54, 1.807) is 11.3 Å². The van der Waals surface area contributed by atoms with Gasteiger partial charge in [0, 0.05) is 13.6 Å². The summed E-state index contributed by atoms with van der Waals surface area (Å²) in [6.07, 6.45) is 0. The van der Waals surface area contributed by atoms with Gasteiger partial charge in [-0.2, -0.15) is 0 Å². The van der Waals surface area contributed by atoms with E-state index in [-0.39, 0.29) is 29.7 Å². The van der Waals surface area contributed by atoms with E-state index >= 15 is 0 Å². The van der Waals surface area contributed by atoms with Gasteiger partial charge in [0.15, 0.2) is 16.7 Å². The molecule has 1 aromatic carbocycles. The SMILES string of the molecule is CCn1c(SCC(=O)N(C)c2c(N)n(Cc3ccccc3)c(=O)[nH]c2=O)nnc1-c1cccs1. The quantitative estimate of drug-likeness (QED) is 0.357. The maximum atomic E-state index is 13.0. The molecule has 1 amide bonds. The minimum Gasteiger partial charge on any atom is -0.383 e. The highest BCUT2D eigenvalue weighted by molar-refractivity contribution is 7.99. The van der Waals surface area contributed by atoms with Crippen LogP contribution >= 0.6 is 23.1 Å². The van der Waals surface area contributed by atoms with E-state index in [2.05, 4.69) is 15.2 Å². The molecular weight excluding hydrogens is 474 g/mol. The van der Waals surface area contributed by atoms with Crippen molar-refractivity contribution in [1.82, 2.24) is 24.3 Å². The van der Waals surface area contributed by atoms with E-state index in [4.69, 9.17) is 5.73 Å². The van der Waals surface area contributed by atoms with Crippen LogP contribution in [0.4, 0.5) is 11.5 Å². The van der Waals surface area contributed by atoms with Gasteiger partial charge in [0.2, 0.25) is 5.91 Å². The van der Waals surface area contributed by atoms with Crippen molar-refractivity contribution in [3.8, 4) is 10.7 Å². The summed E-state index contributed by atoms with van der Waals surface area (Å²) < 4.78 is 3.18. The van der Waals surface area contributed by atoms with Crippen LogP contribution in [0.15, 0.2) is 62.6 Å². The average molecular weight is 498 g/mol. The molecule has 0 spiro atoms. The van der Waals surface area contributed by atoms with Gasteiger partial charge in [-0.3, -0.25) is 19.1 Å². The van der Waals surface area contributed by atoms with Gasteiger partial charge in [-0.15, -0.1) is 21.5 Å². The molecule has 0 atom stereocenters. The number of benzene rings is 1. The van der Waals surface area contributed by atoms with Gasteiger partial charge in [0.25, 0.3) is 5.56 Å². The Morgan fingerprint density at radius 3 is 2.59 bits per heavy atom. The summed E-state index contributed by atoms with van der Waals surface area (Å²) in [7, 11) is 1.46. The third-order valence-electron chi connectivity index (χ3n) is 5.21. The van der Waals surface area contributed by atoms with Crippen LogP contribution in [-0.4, -0.2) is 43.0 Å². The molecule has 3 N–H and O–H groups in total. The Kier molecular flexibility index (Phi) is 6.98. The van der Waals surface area contributed by atoms with E-state index in [0.29, 0.717) is 11.7 Å². The Morgan fingerprint density at radius 2 is 1.91 bits per heavy atom. The predicted molar refractivity (Wildman–Crippen MR) is 134 cm³/mol. The molecule has 0 aliphatic heterocycles. The maximum Gasteiger partial charge on any atom is 0.330 e. The molecule has 4 rings (SSSR count). The molecule has 4 aromatic rings. The van der Waals surface area contributed by atoms with Crippen molar-refractivity contribution in [3.63, 3.8) is 0 Å². The van der Waals surface area contributed by atoms with Crippen molar-refractivity contribution < 1.29 is 4.79 Å². The normalized spacial score (nSPS) is 11.0. The Balaban J connectivity index is 1.55. The molecule has 0 saturated heterocycles. The monoisotopic (exact) mass is 497 g/mol. The Hall–Kier alpha value is -3.64. The first-order valence-corrected chi connectivity index (χ1v) is 12.3. The minimum absolute atomic E-state index is 0.00969. The topological polar surface area (TPSA) is 132 Å². The number of nitrogens with zero attached hydrogens (tertiary/aromatic N) is 5. The number of H-pyrrole nitrogens is 1. The molecular formula is C22H23N7O3S2. The third kappa shape index (κ3) is 4.68. The van der Waals surface area contributed by atoms with Crippen molar-refractivity contribution in [3.05, 3.63) is 74.2 Å². The fraction of sp³-hybridized carbons (Fsp3) is 0.227. The first kappa shape index (κ1) is 23.5. The van der Waals surface area contributed by atoms with Crippen molar-refractivity contribution in [2.75, 3.05) is 23.4 Å². The molecule has 0 bridgehead atoms. The number of aromatic nitrogens is 5. The highest BCUT2D eigenvalue weighted by Crippen LogP contribution is 2.27. The van der Waals surface area contributed by atoms with Crippen LogP contribution in [0.25, 0.3) is 10.7 Å². The van der Waals surface area contributed by atoms with Crippen molar-refractivity contribution in [1.29, 1.82) is 0 Å². The van der Waals surface area contributed by atoms with Crippen molar-refractivity contribution in [2.45, 2.75) is 25.2 Å². The number of hydrogen-bond acceptors (Lipinski definition) is 8. The zero-order valence-corrected chi connectivity index (χ0v) is 20.2. The van der Waals surface area contributed by atoms with Gasteiger partial charge in [-0.1, -0.05) is 48.2 Å². The number of nitrogens with two attached hydrogens (primary N) is 1. The first-order valence-electron chi connectivity index (χ1n) is 10.4. The maximum absolute atomic E-state index is 13.0. The Bertz CT molecular complexity index is 1410. The molecule has 0 radical (unpaired) electrons. The lowest BCUT2D eigenvalue weighted by Gasteiger charge is -2.20. The zero-order chi connectivity index (χ0) is 24.2. The second-order valence-electron chi connectivity index (χ2n) is 7.33. The van der Waals surface area contributed by atoms with E-state index in [1.165, 1.54) is 28.3 Å². The van der Waals surface area contributed by atoms with Gasteiger partial charge in [-0.05, 0) is 23.9 Å². The number of thiophene rings is 1. The first-order chi connectivity index (χ1) is 16.4. The number of thioether (sulfide) groups is 1. The molecule has 0 aliphatic carbocycles. The zero-order valence-electron chi connectivity index (χ0n) is 18.6. The van der Waals surface area contributed by atoms with Crippen LogP contribution in [0, 0.1) is 0 Å². The largest absolute Gasteiger partial charge is 0.383 e. The molecule has 176 valence electrons. The van der Waals surface area contributed by atoms with Gasteiger partial charge in [0.1, 0.15) is 5.82 Å². The highest BCUT2D eigenvalue weighted by Gasteiger charge is 2.22. The fourth-order valence-electron chi connectivity index (χ4n) is 3.44. The lowest BCUT2D eigenvalue weighted by atomic mass is 10.2. The Morgan fingerprint density at radius 1 is 1.15 bits per heavy atom. The van der Waals surface area contributed by atoms with Gasteiger partial charge in [0.05, 0.1) is 17.2 Å². The number of carbonyl (C=O) groups is 1. The number of rotatable bonds is 8. The number of aromatic amines is 1. The van der Waals surface area contributed by atoms with E-state index in [0.717, 1.165) is 16.3 Å². The second-order valence-corrected chi connectivity index (χ2v) is 9.22. The molecule has 0 aliphatic rings.